The van der Waals surface area contributed by atoms with E-state index in [1.54, 1.807) is 19.3 Å². The molecule has 1 aromatic heterocycles. The molecule has 6 nitrogen and oxygen atoms in total. The summed E-state index contributed by atoms with van der Waals surface area (Å²) in [5.41, 5.74) is -0.412. The maximum atomic E-state index is 11.9. The largest absolute Gasteiger partial charge is 0.318 e. The number of nitrogens with zero attached hydrogens (tertiary/aromatic N) is 1. The van der Waals surface area contributed by atoms with Crippen LogP contribution in [0, 0.1) is 5.92 Å². The van der Waals surface area contributed by atoms with Gasteiger partial charge in [-0.2, -0.15) is 0 Å². The first-order valence-corrected chi connectivity index (χ1v) is 6.31. The van der Waals surface area contributed by atoms with Crippen LogP contribution in [0.1, 0.15) is 23.2 Å². The molecule has 2 N–H and O–H groups in total. The summed E-state index contributed by atoms with van der Waals surface area (Å²) in [5.74, 6) is -1.07. The molecule has 2 heterocycles. The van der Waals surface area contributed by atoms with Gasteiger partial charge >= 0.3 is 0 Å². The first kappa shape index (κ1) is 13.5. The lowest BCUT2D eigenvalue weighted by Gasteiger charge is -2.21. The minimum absolute atomic E-state index is 0.00714. The van der Waals surface area contributed by atoms with E-state index in [0.717, 1.165) is 13.1 Å². The smallest absolute Gasteiger partial charge is 0.263 e. The Morgan fingerprint density at radius 3 is 2.74 bits per heavy atom. The van der Waals surface area contributed by atoms with E-state index >= 15 is 0 Å². The summed E-state index contributed by atoms with van der Waals surface area (Å²) >= 11 is 0. The zero-order chi connectivity index (χ0) is 13.8. The molecule has 2 amide bonds. The second-order valence-electron chi connectivity index (χ2n) is 4.68. The molecule has 6 heteroatoms. The molecule has 1 aliphatic rings. The van der Waals surface area contributed by atoms with Crippen molar-refractivity contribution in [2.45, 2.75) is 12.8 Å². The van der Waals surface area contributed by atoms with Gasteiger partial charge in [-0.05, 0) is 38.1 Å². The SMILES string of the molecule is Cn1cccc(C(=O)NC(=O)C2CCNCC2)c1=O. The molecule has 1 fully saturated rings. The Morgan fingerprint density at radius 2 is 2.05 bits per heavy atom. The van der Waals surface area contributed by atoms with E-state index in [9.17, 15) is 14.4 Å². The average molecular weight is 263 g/mol. The van der Waals surface area contributed by atoms with Crippen molar-refractivity contribution in [1.29, 1.82) is 0 Å². The van der Waals surface area contributed by atoms with E-state index in [2.05, 4.69) is 10.6 Å². The standard InChI is InChI=1S/C13H17N3O3/c1-16-8-2-3-10(13(16)19)12(18)15-11(17)9-4-6-14-7-5-9/h2-3,8-9,14H,4-7H2,1H3,(H,15,17,18). The number of carbonyl (C=O) groups is 2. The molecule has 0 aliphatic carbocycles. The van der Waals surface area contributed by atoms with Crippen LogP contribution in [0.3, 0.4) is 0 Å². The Kier molecular flexibility index (Phi) is 4.11. The van der Waals surface area contributed by atoms with Crippen LogP contribution in [-0.2, 0) is 11.8 Å². The summed E-state index contributed by atoms with van der Waals surface area (Å²) in [4.78, 5) is 35.6. The fourth-order valence-electron chi connectivity index (χ4n) is 2.14. The Morgan fingerprint density at radius 1 is 1.37 bits per heavy atom. The quantitative estimate of drug-likeness (QED) is 0.714. The number of amides is 2. The minimum Gasteiger partial charge on any atom is -0.318 e. The molecular weight excluding hydrogens is 246 g/mol. The van der Waals surface area contributed by atoms with Crippen molar-refractivity contribution in [2.75, 3.05) is 13.1 Å². The van der Waals surface area contributed by atoms with Gasteiger partial charge in [0.1, 0.15) is 5.56 Å². The van der Waals surface area contributed by atoms with Gasteiger partial charge < -0.3 is 9.88 Å². The molecule has 0 spiro atoms. The lowest BCUT2D eigenvalue weighted by atomic mass is 9.97. The van der Waals surface area contributed by atoms with Crippen molar-refractivity contribution < 1.29 is 9.59 Å². The van der Waals surface area contributed by atoms with Crippen molar-refractivity contribution in [1.82, 2.24) is 15.2 Å². The van der Waals surface area contributed by atoms with Crippen LogP contribution < -0.4 is 16.2 Å². The normalized spacial score (nSPS) is 16.1. The van der Waals surface area contributed by atoms with Crippen LogP contribution in [0.15, 0.2) is 23.1 Å². The maximum absolute atomic E-state index is 11.9. The van der Waals surface area contributed by atoms with Gasteiger partial charge in [-0.15, -0.1) is 0 Å². The lowest BCUT2D eigenvalue weighted by molar-refractivity contribution is -0.124. The van der Waals surface area contributed by atoms with Gasteiger partial charge in [-0.25, -0.2) is 0 Å². The highest BCUT2D eigenvalue weighted by Crippen LogP contribution is 2.11. The molecule has 0 aromatic carbocycles. The molecule has 2 rings (SSSR count). The van der Waals surface area contributed by atoms with Gasteiger partial charge in [0.25, 0.3) is 11.5 Å². The number of aryl methyl sites for hydroxylation is 1. The highest BCUT2D eigenvalue weighted by atomic mass is 16.2. The Bertz CT molecular complexity index is 544. The van der Waals surface area contributed by atoms with Gasteiger partial charge in [0.2, 0.25) is 5.91 Å². The van der Waals surface area contributed by atoms with Crippen molar-refractivity contribution in [3.63, 3.8) is 0 Å². The third-order valence-electron chi connectivity index (χ3n) is 3.31. The van der Waals surface area contributed by atoms with E-state index in [1.807, 2.05) is 0 Å². The van der Waals surface area contributed by atoms with Crippen LogP contribution in [0.5, 0.6) is 0 Å². The number of imide groups is 1. The summed E-state index contributed by atoms with van der Waals surface area (Å²) in [7, 11) is 1.56. The Labute approximate surface area is 110 Å². The number of nitrogens with one attached hydrogen (secondary N) is 2. The first-order chi connectivity index (χ1) is 9.09. The summed E-state index contributed by atoms with van der Waals surface area (Å²) in [6, 6.07) is 3.03. The summed E-state index contributed by atoms with van der Waals surface area (Å²) < 4.78 is 1.31. The highest BCUT2D eigenvalue weighted by Gasteiger charge is 2.23. The summed E-state index contributed by atoms with van der Waals surface area (Å²) in [5, 5.41) is 5.47. The van der Waals surface area contributed by atoms with Crippen LogP contribution >= 0.6 is 0 Å². The van der Waals surface area contributed by atoms with Crippen LogP contribution in [0.2, 0.25) is 0 Å². The topological polar surface area (TPSA) is 80.2 Å². The second kappa shape index (κ2) is 5.79. The monoisotopic (exact) mass is 263 g/mol. The Balaban J connectivity index is 2.06. The van der Waals surface area contributed by atoms with E-state index in [1.165, 1.54) is 10.6 Å². The first-order valence-electron chi connectivity index (χ1n) is 6.31. The van der Waals surface area contributed by atoms with Gasteiger partial charge in [0.15, 0.2) is 0 Å². The Hall–Kier alpha value is -1.95. The molecule has 19 heavy (non-hydrogen) atoms. The second-order valence-corrected chi connectivity index (χ2v) is 4.68. The predicted octanol–water partition coefficient (Wildman–Crippen LogP) is -0.359. The van der Waals surface area contributed by atoms with Crippen LogP contribution in [0.4, 0.5) is 0 Å². The molecular formula is C13H17N3O3. The van der Waals surface area contributed by atoms with E-state index in [4.69, 9.17) is 0 Å². The molecule has 0 radical (unpaired) electrons. The third kappa shape index (κ3) is 3.08. The third-order valence-corrected chi connectivity index (χ3v) is 3.31. The molecule has 1 saturated heterocycles. The number of carbonyl (C=O) groups excluding carboxylic acids is 2. The van der Waals surface area contributed by atoms with E-state index < -0.39 is 11.5 Å². The molecule has 1 aromatic rings. The molecule has 1 aliphatic heterocycles. The van der Waals surface area contributed by atoms with E-state index in [0.29, 0.717) is 12.8 Å². The highest BCUT2D eigenvalue weighted by molar-refractivity contribution is 6.05. The van der Waals surface area contributed by atoms with Crippen molar-refractivity contribution in [3.05, 3.63) is 34.2 Å². The maximum Gasteiger partial charge on any atom is 0.263 e. The van der Waals surface area contributed by atoms with E-state index in [-0.39, 0.29) is 17.4 Å². The molecule has 0 bridgehead atoms. The molecule has 0 saturated carbocycles. The van der Waals surface area contributed by atoms with Crippen molar-refractivity contribution in [2.24, 2.45) is 13.0 Å². The molecule has 102 valence electrons. The predicted molar refractivity (Wildman–Crippen MR) is 69.7 cm³/mol. The molecule has 0 atom stereocenters. The molecule has 0 unspecified atom stereocenters. The van der Waals surface area contributed by atoms with Gasteiger partial charge in [-0.1, -0.05) is 0 Å². The summed E-state index contributed by atoms with van der Waals surface area (Å²) in [6.07, 6.45) is 2.99. The van der Waals surface area contributed by atoms with Gasteiger partial charge in [-0.3, -0.25) is 19.7 Å². The van der Waals surface area contributed by atoms with Crippen molar-refractivity contribution in [3.8, 4) is 0 Å². The minimum atomic E-state index is -0.621. The number of pyridine rings is 1. The number of hydrogen-bond donors (Lipinski definition) is 2. The van der Waals surface area contributed by atoms with Crippen molar-refractivity contribution >= 4 is 11.8 Å². The lowest BCUT2D eigenvalue weighted by Crippen LogP contribution is -2.42. The zero-order valence-corrected chi connectivity index (χ0v) is 10.8. The van der Waals surface area contributed by atoms with Gasteiger partial charge in [0, 0.05) is 19.2 Å². The number of rotatable bonds is 2. The summed E-state index contributed by atoms with van der Waals surface area (Å²) in [6.45, 7) is 1.55. The number of aromatic nitrogens is 1. The number of piperidine rings is 1. The zero-order valence-electron chi connectivity index (χ0n) is 10.8. The number of hydrogen-bond acceptors (Lipinski definition) is 4. The van der Waals surface area contributed by atoms with Crippen LogP contribution in [0.25, 0.3) is 0 Å². The fraction of sp³-hybridized carbons (Fsp3) is 0.462. The fourth-order valence-corrected chi connectivity index (χ4v) is 2.14. The average Bonchev–Trinajstić information content (AvgIpc) is 2.42. The van der Waals surface area contributed by atoms with Crippen LogP contribution in [-0.4, -0.2) is 29.5 Å². The van der Waals surface area contributed by atoms with Gasteiger partial charge in [0.05, 0.1) is 0 Å².